The Morgan fingerprint density at radius 2 is 2.03 bits per heavy atom. The Morgan fingerprint density at radius 1 is 1.35 bits per heavy atom. The number of aliphatic carboxylic acids is 1. The molecule has 0 saturated heterocycles. The fourth-order valence-electron chi connectivity index (χ4n) is 4.49. The molecule has 6 unspecified atom stereocenters. The Hall–Kier alpha value is -0.880. The molecule has 2 aliphatic rings. The summed E-state index contributed by atoms with van der Waals surface area (Å²) in [7, 11) is 0. The summed E-state index contributed by atoms with van der Waals surface area (Å²) in [6.07, 6.45) is 11.5. The number of fused-ring (bicyclic) bond motifs is 1. The minimum atomic E-state index is -1.25. The van der Waals surface area contributed by atoms with Crippen molar-refractivity contribution in [3.63, 3.8) is 0 Å². The van der Waals surface area contributed by atoms with Crippen molar-refractivity contribution >= 4 is 11.9 Å². The van der Waals surface area contributed by atoms with Crippen molar-refractivity contribution in [2.24, 2.45) is 29.1 Å². The van der Waals surface area contributed by atoms with Gasteiger partial charge in [-0.25, -0.2) is 0 Å². The van der Waals surface area contributed by atoms with Crippen LogP contribution in [-0.2, 0) is 14.3 Å². The van der Waals surface area contributed by atoms with Crippen LogP contribution in [0.4, 0.5) is 0 Å². The maximum Gasteiger partial charge on any atom is 1.00 e. The molecule has 31 heavy (non-hydrogen) atoms. The molecule has 6 heteroatoms. The van der Waals surface area contributed by atoms with Crippen molar-refractivity contribution in [1.29, 1.82) is 0 Å². The van der Waals surface area contributed by atoms with Crippen LogP contribution in [0.2, 0.25) is 0 Å². The van der Waals surface area contributed by atoms with Crippen molar-refractivity contribution in [1.82, 2.24) is 0 Å². The van der Waals surface area contributed by atoms with E-state index in [4.69, 9.17) is 4.74 Å². The number of hydrogen-bond donors (Lipinski definition) is 1. The zero-order chi connectivity index (χ0) is 22.5. The molecule has 168 valence electrons. The number of hydrogen-bond acceptors (Lipinski definition) is 5. The predicted octanol–water partition coefficient (Wildman–Crippen LogP) is 0.580. The molecule has 0 aliphatic heterocycles. The number of carbonyl (C=O) groups excluding carboxylic acids is 2. The molecule has 0 fully saturated rings. The largest absolute Gasteiger partial charge is 1.00 e. The summed E-state index contributed by atoms with van der Waals surface area (Å²) in [6.45, 7) is 10.2. The summed E-state index contributed by atoms with van der Waals surface area (Å²) in [6, 6.07) is 0. The Bertz CT molecular complexity index is 709. The number of rotatable bonds is 9. The van der Waals surface area contributed by atoms with Gasteiger partial charge in [-0.3, -0.25) is 4.79 Å². The van der Waals surface area contributed by atoms with Crippen molar-refractivity contribution < 1.29 is 54.1 Å². The van der Waals surface area contributed by atoms with E-state index in [1.165, 1.54) is 11.6 Å². The number of ether oxygens (including phenoxy) is 1. The van der Waals surface area contributed by atoms with E-state index in [9.17, 15) is 19.8 Å². The Kier molecular flexibility index (Phi) is 11.2. The molecule has 2 aliphatic carbocycles. The van der Waals surface area contributed by atoms with Gasteiger partial charge in [0.05, 0.1) is 17.5 Å². The zero-order valence-electron chi connectivity index (χ0n) is 20.0. The molecule has 0 aromatic heterocycles. The monoisotopic (exact) mass is 440 g/mol. The van der Waals surface area contributed by atoms with Crippen LogP contribution in [0, 0.1) is 29.1 Å². The average molecular weight is 441 g/mol. The fraction of sp³-hybridized carbons (Fsp3) is 0.680. The van der Waals surface area contributed by atoms with Crippen molar-refractivity contribution in [2.45, 2.75) is 78.9 Å². The predicted molar refractivity (Wildman–Crippen MR) is 115 cm³/mol. The van der Waals surface area contributed by atoms with Crippen LogP contribution in [0.25, 0.3) is 0 Å². The molecule has 0 aromatic rings. The van der Waals surface area contributed by atoms with E-state index in [0.29, 0.717) is 24.7 Å². The van der Waals surface area contributed by atoms with Crippen LogP contribution in [0.1, 0.15) is 66.7 Å². The first kappa shape index (κ1) is 28.2. The van der Waals surface area contributed by atoms with Crippen LogP contribution in [0.3, 0.4) is 0 Å². The molecule has 0 spiro atoms. The summed E-state index contributed by atoms with van der Waals surface area (Å²) < 4.78 is 6.10. The zero-order valence-corrected chi connectivity index (χ0v) is 22.0. The van der Waals surface area contributed by atoms with Gasteiger partial charge < -0.3 is 19.7 Å². The normalized spacial score (nSPS) is 29.0. The number of carboxylic acids is 1. The van der Waals surface area contributed by atoms with E-state index in [0.717, 1.165) is 25.3 Å². The first-order valence-electron chi connectivity index (χ1n) is 11.2. The molecule has 5 nitrogen and oxygen atoms in total. The standard InChI is InChI=1S/C25H38O5.Na/c1-6-25(4,5)24(29)30-21-15-16(2)14-18-11-10-17(3)20(23(18)21)13-12-19(26)8-7-9-22(27)28;/h7,9-11,14,16-17,19-21,23,26H,6,8,12-13,15H2,1-5H3,(H,27,28);/q;+1/p-1. The van der Waals surface area contributed by atoms with Gasteiger partial charge in [-0.2, -0.15) is 0 Å². The van der Waals surface area contributed by atoms with Crippen molar-refractivity contribution in [2.75, 3.05) is 0 Å². The van der Waals surface area contributed by atoms with Gasteiger partial charge in [0, 0.05) is 5.92 Å². The quantitative estimate of drug-likeness (QED) is 0.322. The van der Waals surface area contributed by atoms with E-state index in [1.54, 1.807) is 0 Å². The topological polar surface area (TPSA) is 86.7 Å². The third-order valence-corrected chi connectivity index (χ3v) is 6.79. The molecular formula is C25H37NaO5. The van der Waals surface area contributed by atoms with Crippen LogP contribution in [0.15, 0.2) is 36.0 Å². The summed E-state index contributed by atoms with van der Waals surface area (Å²) in [4.78, 5) is 23.3. The van der Waals surface area contributed by atoms with Gasteiger partial charge in [0.15, 0.2) is 0 Å². The van der Waals surface area contributed by atoms with Crippen LogP contribution in [-0.4, -0.2) is 29.3 Å². The van der Waals surface area contributed by atoms with E-state index < -0.39 is 17.5 Å². The molecule has 0 amide bonds. The van der Waals surface area contributed by atoms with Gasteiger partial charge in [0.1, 0.15) is 6.10 Å². The molecule has 0 aromatic carbocycles. The first-order chi connectivity index (χ1) is 14.0. The molecule has 0 heterocycles. The fourth-order valence-corrected chi connectivity index (χ4v) is 4.49. The summed E-state index contributed by atoms with van der Waals surface area (Å²) in [5.74, 6) is -0.347. The summed E-state index contributed by atoms with van der Waals surface area (Å²) >= 11 is 0. The number of aliphatic hydroxyl groups is 1. The van der Waals surface area contributed by atoms with Gasteiger partial charge in [-0.1, -0.05) is 45.1 Å². The molecule has 2 rings (SSSR count). The second kappa shape index (κ2) is 12.4. The molecule has 1 N–H and O–H groups in total. The Labute approximate surface area is 209 Å². The van der Waals surface area contributed by atoms with Crippen LogP contribution >= 0.6 is 0 Å². The van der Waals surface area contributed by atoms with Crippen LogP contribution < -0.4 is 34.7 Å². The van der Waals surface area contributed by atoms with Gasteiger partial charge in [-0.05, 0) is 75.4 Å². The van der Waals surface area contributed by atoms with Gasteiger partial charge >= 0.3 is 35.5 Å². The third kappa shape index (κ3) is 7.88. The Balaban J connectivity index is 0.00000480. The minimum Gasteiger partial charge on any atom is -0.545 e. The van der Waals surface area contributed by atoms with E-state index in [-0.39, 0.29) is 53.5 Å². The number of aliphatic hydroxyl groups excluding tert-OH is 1. The maximum absolute atomic E-state index is 12.8. The SMILES string of the molecule is CCC(C)(C)C(=O)OC1CC(C)C=C2C=CC(C)C(CCC(O)CC=CC(=O)[O-])C21.[Na+]. The van der Waals surface area contributed by atoms with Crippen LogP contribution in [0.5, 0.6) is 0 Å². The number of carbonyl (C=O) groups is 2. The average Bonchev–Trinajstić information content (AvgIpc) is 2.66. The van der Waals surface area contributed by atoms with E-state index >= 15 is 0 Å². The summed E-state index contributed by atoms with van der Waals surface area (Å²) in [5.41, 5.74) is 0.729. The van der Waals surface area contributed by atoms with E-state index in [1.807, 2.05) is 20.8 Å². The maximum atomic E-state index is 12.8. The molecule has 0 bridgehead atoms. The smallest absolute Gasteiger partial charge is 0.545 e. The second-order valence-electron chi connectivity index (χ2n) is 9.66. The number of allylic oxidation sites excluding steroid dienone is 3. The molecule has 0 saturated carbocycles. The minimum absolute atomic E-state index is 0. The second-order valence-corrected chi connectivity index (χ2v) is 9.66. The van der Waals surface area contributed by atoms with Gasteiger partial charge in [-0.15, -0.1) is 0 Å². The van der Waals surface area contributed by atoms with Crippen molar-refractivity contribution in [3.8, 4) is 0 Å². The van der Waals surface area contributed by atoms with Crippen molar-refractivity contribution in [3.05, 3.63) is 36.0 Å². The number of carboxylic acid groups (broad SMARTS) is 1. The van der Waals surface area contributed by atoms with Gasteiger partial charge in [0.25, 0.3) is 0 Å². The Morgan fingerprint density at radius 3 is 2.65 bits per heavy atom. The van der Waals surface area contributed by atoms with E-state index in [2.05, 4.69) is 32.1 Å². The van der Waals surface area contributed by atoms with Gasteiger partial charge in [0.2, 0.25) is 0 Å². The molecule has 0 radical (unpaired) electrons. The molecule has 6 atom stereocenters. The molecular weight excluding hydrogens is 403 g/mol. The summed E-state index contributed by atoms with van der Waals surface area (Å²) in [5, 5.41) is 20.8. The first-order valence-corrected chi connectivity index (χ1v) is 11.2. The third-order valence-electron chi connectivity index (χ3n) is 6.79. The number of esters is 1.